The van der Waals surface area contributed by atoms with Crippen molar-refractivity contribution in [3.8, 4) is 10.4 Å². The third kappa shape index (κ3) is 2.40. The standard InChI is InChI=1S/C11H11FN2S/c1-13-7-9-3-4-10(15-9)8-2-5-11(12)14-6-8/h2-6,13H,7H2,1H3. The van der Waals surface area contributed by atoms with Crippen LogP contribution in [-0.2, 0) is 6.54 Å². The van der Waals surface area contributed by atoms with Gasteiger partial charge in [-0.25, -0.2) is 4.98 Å². The smallest absolute Gasteiger partial charge is 0.212 e. The molecule has 0 aliphatic heterocycles. The molecule has 4 heteroatoms. The van der Waals surface area contributed by atoms with Crippen molar-refractivity contribution in [2.75, 3.05) is 7.05 Å². The first-order chi connectivity index (χ1) is 7.29. The molecule has 2 aromatic heterocycles. The van der Waals surface area contributed by atoms with Gasteiger partial charge < -0.3 is 5.32 Å². The Kier molecular flexibility index (Phi) is 3.08. The fourth-order valence-electron chi connectivity index (χ4n) is 1.32. The summed E-state index contributed by atoms with van der Waals surface area (Å²) in [5.41, 5.74) is 0.962. The van der Waals surface area contributed by atoms with Crippen molar-refractivity contribution in [3.05, 3.63) is 41.3 Å². The summed E-state index contributed by atoms with van der Waals surface area (Å²) in [5, 5.41) is 3.09. The topological polar surface area (TPSA) is 24.9 Å². The van der Waals surface area contributed by atoms with Crippen molar-refractivity contribution in [2.24, 2.45) is 0 Å². The van der Waals surface area contributed by atoms with Crippen molar-refractivity contribution < 1.29 is 4.39 Å². The molecule has 0 saturated heterocycles. The average Bonchev–Trinajstić information content (AvgIpc) is 2.68. The average molecular weight is 222 g/mol. The molecule has 0 saturated carbocycles. The fraction of sp³-hybridized carbons (Fsp3) is 0.182. The second kappa shape index (κ2) is 4.51. The van der Waals surface area contributed by atoms with Crippen LogP contribution in [-0.4, -0.2) is 12.0 Å². The van der Waals surface area contributed by atoms with Gasteiger partial charge in [0.1, 0.15) is 0 Å². The number of thiophene rings is 1. The molecule has 0 fully saturated rings. The number of rotatable bonds is 3. The van der Waals surface area contributed by atoms with E-state index >= 15 is 0 Å². The highest BCUT2D eigenvalue weighted by Gasteiger charge is 2.02. The number of hydrogen-bond donors (Lipinski definition) is 1. The summed E-state index contributed by atoms with van der Waals surface area (Å²) in [6.07, 6.45) is 1.56. The minimum Gasteiger partial charge on any atom is -0.315 e. The number of halogens is 1. The number of hydrogen-bond acceptors (Lipinski definition) is 3. The number of aromatic nitrogens is 1. The Morgan fingerprint density at radius 2 is 2.20 bits per heavy atom. The van der Waals surface area contributed by atoms with Crippen LogP contribution in [0.25, 0.3) is 10.4 Å². The predicted octanol–water partition coefficient (Wildman–Crippen LogP) is 2.67. The van der Waals surface area contributed by atoms with Crippen LogP contribution in [0.4, 0.5) is 4.39 Å². The van der Waals surface area contributed by atoms with E-state index in [1.54, 1.807) is 23.6 Å². The van der Waals surface area contributed by atoms with E-state index in [-0.39, 0.29) is 0 Å². The van der Waals surface area contributed by atoms with Crippen LogP contribution in [0.1, 0.15) is 4.88 Å². The van der Waals surface area contributed by atoms with Crippen molar-refractivity contribution in [1.82, 2.24) is 10.3 Å². The Hall–Kier alpha value is -1.26. The molecule has 0 bridgehead atoms. The van der Waals surface area contributed by atoms with Crippen molar-refractivity contribution in [3.63, 3.8) is 0 Å². The van der Waals surface area contributed by atoms with Crippen molar-refractivity contribution in [1.29, 1.82) is 0 Å². The number of nitrogens with one attached hydrogen (secondary N) is 1. The third-order valence-corrected chi connectivity index (χ3v) is 3.16. The molecule has 0 unspecified atom stereocenters. The highest BCUT2D eigenvalue weighted by atomic mass is 32.1. The largest absolute Gasteiger partial charge is 0.315 e. The molecule has 78 valence electrons. The van der Waals surface area contributed by atoms with Crippen LogP contribution in [0.15, 0.2) is 30.5 Å². The van der Waals surface area contributed by atoms with Gasteiger partial charge in [-0.3, -0.25) is 0 Å². The summed E-state index contributed by atoms with van der Waals surface area (Å²) in [4.78, 5) is 6.01. The Bertz CT molecular complexity index is 436. The Morgan fingerprint density at radius 1 is 1.33 bits per heavy atom. The lowest BCUT2D eigenvalue weighted by molar-refractivity contribution is 0.584. The second-order valence-electron chi connectivity index (χ2n) is 3.17. The van der Waals surface area contributed by atoms with E-state index in [1.165, 1.54) is 10.9 Å². The Morgan fingerprint density at radius 3 is 2.87 bits per heavy atom. The molecule has 0 amide bonds. The van der Waals surface area contributed by atoms with Crippen molar-refractivity contribution in [2.45, 2.75) is 6.54 Å². The molecule has 1 N–H and O–H groups in total. The molecule has 2 rings (SSSR count). The van der Waals surface area contributed by atoms with Crippen LogP contribution in [0.5, 0.6) is 0 Å². The van der Waals surface area contributed by atoms with Gasteiger partial charge in [-0.1, -0.05) is 0 Å². The van der Waals surface area contributed by atoms with E-state index in [0.717, 1.165) is 17.0 Å². The van der Waals surface area contributed by atoms with E-state index in [4.69, 9.17) is 0 Å². The molecule has 2 nitrogen and oxygen atoms in total. The lowest BCUT2D eigenvalue weighted by Crippen LogP contribution is -2.02. The highest BCUT2D eigenvalue weighted by molar-refractivity contribution is 7.15. The van der Waals surface area contributed by atoms with Gasteiger partial charge in [0, 0.05) is 28.1 Å². The quantitative estimate of drug-likeness (QED) is 0.808. The molecular weight excluding hydrogens is 211 g/mol. The van der Waals surface area contributed by atoms with E-state index in [9.17, 15) is 4.39 Å². The summed E-state index contributed by atoms with van der Waals surface area (Å²) in [6, 6.07) is 7.23. The molecule has 0 aliphatic rings. The lowest BCUT2D eigenvalue weighted by Gasteiger charge is -1.96. The van der Waals surface area contributed by atoms with Crippen LogP contribution >= 0.6 is 11.3 Å². The van der Waals surface area contributed by atoms with Gasteiger partial charge in [-0.15, -0.1) is 11.3 Å². The first kappa shape index (κ1) is 10.3. The first-order valence-corrected chi connectivity index (χ1v) is 5.46. The highest BCUT2D eigenvalue weighted by Crippen LogP contribution is 2.27. The maximum absolute atomic E-state index is 12.6. The van der Waals surface area contributed by atoms with Crippen LogP contribution in [0.2, 0.25) is 0 Å². The monoisotopic (exact) mass is 222 g/mol. The summed E-state index contributed by atoms with van der Waals surface area (Å²) in [6.45, 7) is 0.860. The minimum atomic E-state index is -0.439. The van der Waals surface area contributed by atoms with Gasteiger partial charge in [-0.05, 0) is 31.3 Å². The maximum atomic E-state index is 12.6. The zero-order chi connectivity index (χ0) is 10.7. The number of pyridine rings is 1. The van der Waals surface area contributed by atoms with Crippen LogP contribution in [0.3, 0.4) is 0 Å². The molecule has 2 heterocycles. The summed E-state index contributed by atoms with van der Waals surface area (Å²) >= 11 is 1.69. The van der Waals surface area contributed by atoms with Crippen molar-refractivity contribution >= 4 is 11.3 Å². The normalized spacial score (nSPS) is 10.5. The van der Waals surface area contributed by atoms with E-state index in [1.807, 2.05) is 13.1 Å². The maximum Gasteiger partial charge on any atom is 0.212 e. The van der Waals surface area contributed by atoms with Gasteiger partial charge in [0.25, 0.3) is 0 Å². The fourth-order valence-corrected chi connectivity index (χ4v) is 2.33. The first-order valence-electron chi connectivity index (χ1n) is 4.65. The van der Waals surface area contributed by atoms with Gasteiger partial charge in [0.05, 0.1) is 0 Å². The molecule has 15 heavy (non-hydrogen) atoms. The van der Waals surface area contributed by atoms with Crippen LogP contribution in [0, 0.1) is 5.95 Å². The molecule has 0 aromatic carbocycles. The third-order valence-electron chi connectivity index (χ3n) is 2.02. The van der Waals surface area contributed by atoms with Gasteiger partial charge >= 0.3 is 0 Å². The predicted molar refractivity (Wildman–Crippen MR) is 60.3 cm³/mol. The number of nitrogens with zero attached hydrogens (tertiary/aromatic N) is 1. The SMILES string of the molecule is CNCc1ccc(-c2ccc(F)nc2)s1. The van der Waals surface area contributed by atoms with Gasteiger partial charge in [0.2, 0.25) is 5.95 Å². The summed E-state index contributed by atoms with van der Waals surface area (Å²) in [5.74, 6) is -0.439. The summed E-state index contributed by atoms with van der Waals surface area (Å²) < 4.78 is 12.6. The molecule has 0 radical (unpaired) electrons. The Labute approximate surface area is 91.8 Å². The van der Waals surface area contributed by atoms with E-state index in [0.29, 0.717) is 0 Å². The zero-order valence-corrected chi connectivity index (χ0v) is 9.14. The van der Waals surface area contributed by atoms with E-state index < -0.39 is 5.95 Å². The zero-order valence-electron chi connectivity index (χ0n) is 8.33. The Balaban J connectivity index is 2.25. The van der Waals surface area contributed by atoms with Gasteiger partial charge in [0.15, 0.2) is 0 Å². The van der Waals surface area contributed by atoms with E-state index in [2.05, 4.69) is 16.4 Å². The molecular formula is C11H11FN2S. The minimum absolute atomic E-state index is 0.439. The van der Waals surface area contributed by atoms with Crippen LogP contribution < -0.4 is 5.32 Å². The molecule has 2 aromatic rings. The lowest BCUT2D eigenvalue weighted by atomic mass is 10.2. The second-order valence-corrected chi connectivity index (χ2v) is 4.33. The summed E-state index contributed by atoms with van der Waals surface area (Å²) in [7, 11) is 1.92. The molecule has 0 aliphatic carbocycles. The van der Waals surface area contributed by atoms with Gasteiger partial charge in [-0.2, -0.15) is 4.39 Å². The molecule has 0 spiro atoms. The molecule has 0 atom stereocenters.